The Morgan fingerprint density at radius 1 is 1.10 bits per heavy atom. The molecule has 4 heteroatoms. The number of hydrogen-bond acceptors (Lipinski definition) is 4. The molecule has 0 saturated carbocycles. The molecule has 1 aromatic heterocycles. The average Bonchev–Trinajstić information content (AvgIpc) is 2.43. The Morgan fingerprint density at radius 3 is 2.60 bits per heavy atom. The van der Waals surface area contributed by atoms with Crippen LogP contribution in [0.15, 0.2) is 42.6 Å². The minimum atomic E-state index is 0.0779. The predicted molar refractivity (Wildman–Crippen MR) is 79.3 cm³/mol. The Balaban J connectivity index is 2.26. The maximum Gasteiger partial charge on any atom is 0.262 e. The van der Waals surface area contributed by atoms with Crippen molar-refractivity contribution in [1.29, 1.82) is 0 Å². The van der Waals surface area contributed by atoms with Crippen molar-refractivity contribution in [3.8, 4) is 17.4 Å². The van der Waals surface area contributed by atoms with Crippen molar-refractivity contribution in [1.82, 2.24) is 10.3 Å². The molecule has 0 unspecified atom stereocenters. The third kappa shape index (κ3) is 3.71. The van der Waals surface area contributed by atoms with Crippen LogP contribution in [0.1, 0.15) is 19.4 Å². The number of rotatable bonds is 6. The average molecular weight is 272 g/mol. The molecule has 0 atom stereocenters. The fraction of sp³-hybridized carbons (Fsp3) is 0.312. The van der Waals surface area contributed by atoms with E-state index in [1.54, 1.807) is 6.20 Å². The Kier molecular flexibility index (Phi) is 4.96. The van der Waals surface area contributed by atoms with Gasteiger partial charge < -0.3 is 14.8 Å². The highest BCUT2D eigenvalue weighted by atomic mass is 16.5. The van der Waals surface area contributed by atoms with Gasteiger partial charge in [0.25, 0.3) is 5.88 Å². The zero-order valence-corrected chi connectivity index (χ0v) is 12.1. The van der Waals surface area contributed by atoms with Crippen LogP contribution >= 0.6 is 0 Å². The number of para-hydroxylation sites is 1. The van der Waals surface area contributed by atoms with Gasteiger partial charge in [-0.05, 0) is 39.1 Å². The van der Waals surface area contributed by atoms with Gasteiger partial charge in [0.05, 0.1) is 6.10 Å². The highest BCUT2D eigenvalue weighted by molar-refractivity contribution is 5.40. The fourth-order valence-corrected chi connectivity index (χ4v) is 1.84. The summed E-state index contributed by atoms with van der Waals surface area (Å²) in [6, 6.07) is 11.6. The van der Waals surface area contributed by atoms with Gasteiger partial charge in [0.1, 0.15) is 5.75 Å². The number of nitrogens with one attached hydrogen (secondary N) is 1. The summed E-state index contributed by atoms with van der Waals surface area (Å²) in [5.41, 5.74) is 1.08. The molecule has 0 aliphatic heterocycles. The number of pyridine rings is 1. The molecule has 0 aliphatic carbocycles. The molecular formula is C16H20N2O2. The van der Waals surface area contributed by atoms with Gasteiger partial charge in [0.2, 0.25) is 0 Å². The van der Waals surface area contributed by atoms with Crippen molar-refractivity contribution in [2.75, 3.05) is 7.05 Å². The third-order valence-electron chi connectivity index (χ3n) is 2.65. The first kappa shape index (κ1) is 14.3. The summed E-state index contributed by atoms with van der Waals surface area (Å²) in [6.45, 7) is 4.70. The maximum atomic E-state index is 5.92. The van der Waals surface area contributed by atoms with Crippen LogP contribution in [0.2, 0.25) is 0 Å². The first-order valence-corrected chi connectivity index (χ1v) is 6.72. The smallest absolute Gasteiger partial charge is 0.262 e. The lowest BCUT2D eigenvalue weighted by Gasteiger charge is -2.15. The summed E-state index contributed by atoms with van der Waals surface area (Å²) in [4.78, 5) is 4.26. The van der Waals surface area contributed by atoms with Gasteiger partial charge in [-0.2, -0.15) is 0 Å². The van der Waals surface area contributed by atoms with Crippen LogP contribution in [-0.2, 0) is 6.54 Å². The van der Waals surface area contributed by atoms with E-state index in [-0.39, 0.29) is 6.10 Å². The summed E-state index contributed by atoms with van der Waals surface area (Å²) in [6.07, 6.45) is 1.78. The molecule has 2 aromatic rings. The molecule has 0 saturated heterocycles. The molecule has 0 amide bonds. The molecule has 0 aliphatic rings. The first-order valence-electron chi connectivity index (χ1n) is 6.72. The number of ether oxygens (including phenoxy) is 2. The minimum absolute atomic E-state index is 0.0779. The van der Waals surface area contributed by atoms with E-state index in [1.165, 1.54) is 0 Å². The molecule has 0 spiro atoms. The number of aromatic nitrogens is 1. The van der Waals surface area contributed by atoms with E-state index in [0.717, 1.165) is 17.9 Å². The monoisotopic (exact) mass is 272 g/mol. The molecule has 106 valence electrons. The quantitative estimate of drug-likeness (QED) is 0.875. The van der Waals surface area contributed by atoms with Gasteiger partial charge in [-0.15, -0.1) is 0 Å². The highest BCUT2D eigenvalue weighted by Gasteiger charge is 2.11. The van der Waals surface area contributed by atoms with Crippen molar-refractivity contribution >= 4 is 0 Å². The topological polar surface area (TPSA) is 43.4 Å². The lowest BCUT2D eigenvalue weighted by Crippen LogP contribution is -2.08. The van der Waals surface area contributed by atoms with Crippen molar-refractivity contribution in [3.63, 3.8) is 0 Å². The summed E-state index contributed by atoms with van der Waals surface area (Å²) in [5.74, 6) is 1.93. The first-order chi connectivity index (χ1) is 9.70. The van der Waals surface area contributed by atoms with Crippen LogP contribution in [0.25, 0.3) is 0 Å². The van der Waals surface area contributed by atoms with Gasteiger partial charge in [0.15, 0.2) is 5.75 Å². The zero-order chi connectivity index (χ0) is 14.4. The lowest BCUT2D eigenvalue weighted by atomic mass is 10.2. The molecular weight excluding hydrogens is 252 g/mol. The van der Waals surface area contributed by atoms with E-state index < -0.39 is 0 Å². The number of nitrogens with zero attached hydrogens (tertiary/aromatic N) is 1. The van der Waals surface area contributed by atoms with Crippen LogP contribution in [-0.4, -0.2) is 18.1 Å². The van der Waals surface area contributed by atoms with E-state index in [1.807, 2.05) is 57.3 Å². The van der Waals surface area contributed by atoms with E-state index in [2.05, 4.69) is 10.3 Å². The molecule has 1 aromatic carbocycles. The second kappa shape index (κ2) is 6.91. The molecule has 1 N–H and O–H groups in total. The second-order valence-corrected chi connectivity index (χ2v) is 4.71. The maximum absolute atomic E-state index is 5.92. The summed E-state index contributed by atoms with van der Waals surface area (Å²) < 4.78 is 11.6. The van der Waals surface area contributed by atoms with E-state index in [9.17, 15) is 0 Å². The Morgan fingerprint density at radius 2 is 1.85 bits per heavy atom. The van der Waals surface area contributed by atoms with Crippen molar-refractivity contribution in [2.45, 2.75) is 26.5 Å². The SMILES string of the molecule is CNCc1ccccc1Oc1ncccc1OC(C)C. The van der Waals surface area contributed by atoms with Crippen molar-refractivity contribution in [2.24, 2.45) is 0 Å². The lowest BCUT2D eigenvalue weighted by molar-refractivity contribution is 0.231. The molecule has 0 radical (unpaired) electrons. The van der Waals surface area contributed by atoms with E-state index in [0.29, 0.717) is 11.6 Å². The van der Waals surface area contributed by atoms with Crippen molar-refractivity contribution in [3.05, 3.63) is 48.2 Å². The standard InChI is InChI=1S/C16H20N2O2/c1-12(2)19-15-9-6-10-18-16(15)20-14-8-5-4-7-13(14)11-17-3/h4-10,12,17H,11H2,1-3H3. The van der Waals surface area contributed by atoms with Gasteiger partial charge in [0, 0.05) is 18.3 Å². The van der Waals surface area contributed by atoms with Crippen LogP contribution in [0.4, 0.5) is 0 Å². The number of benzene rings is 1. The molecule has 0 fully saturated rings. The Bertz CT molecular complexity index is 556. The van der Waals surface area contributed by atoms with Gasteiger partial charge >= 0.3 is 0 Å². The molecule has 0 bridgehead atoms. The van der Waals surface area contributed by atoms with E-state index in [4.69, 9.17) is 9.47 Å². The second-order valence-electron chi connectivity index (χ2n) is 4.71. The Hall–Kier alpha value is -2.07. The molecule has 1 heterocycles. The Labute approximate surface area is 119 Å². The van der Waals surface area contributed by atoms with Gasteiger partial charge in [-0.25, -0.2) is 4.98 Å². The van der Waals surface area contributed by atoms with Crippen LogP contribution < -0.4 is 14.8 Å². The summed E-state index contributed by atoms with van der Waals surface area (Å²) in [5, 5.41) is 3.13. The summed E-state index contributed by atoms with van der Waals surface area (Å²) >= 11 is 0. The van der Waals surface area contributed by atoms with Gasteiger partial charge in [-0.1, -0.05) is 18.2 Å². The summed E-state index contributed by atoms with van der Waals surface area (Å²) in [7, 11) is 1.91. The van der Waals surface area contributed by atoms with Crippen LogP contribution in [0, 0.1) is 0 Å². The van der Waals surface area contributed by atoms with Crippen molar-refractivity contribution < 1.29 is 9.47 Å². The largest absolute Gasteiger partial charge is 0.485 e. The molecule has 2 rings (SSSR count). The van der Waals surface area contributed by atoms with E-state index >= 15 is 0 Å². The predicted octanol–water partition coefficient (Wildman–Crippen LogP) is 3.38. The molecule has 4 nitrogen and oxygen atoms in total. The minimum Gasteiger partial charge on any atom is -0.485 e. The normalized spacial score (nSPS) is 10.6. The van der Waals surface area contributed by atoms with Gasteiger partial charge in [-0.3, -0.25) is 0 Å². The highest BCUT2D eigenvalue weighted by Crippen LogP contribution is 2.31. The van der Waals surface area contributed by atoms with Crippen LogP contribution in [0.5, 0.6) is 17.4 Å². The third-order valence-corrected chi connectivity index (χ3v) is 2.65. The zero-order valence-electron chi connectivity index (χ0n) is 12.1. The molecule has 20 heavy (non-hydrogen) atoms. The fourth-order valence-electron chi connectivity index (χ4n) is 1.84. The van der Waals surface area contributed by atoms with Crippen LogP contribution in [0.3, 0.4) is 0 Å². The number of hydrogen-bond donors (Lipinski definition) is 1.